The zero-order chi connectivity index (χ0) is 14.8. The van der Waals surface area contributed by atoms with E-state index in [1.54, 1.807) is 10.4 Å². The summed E-state index contributed by atoms with van der Waals surface area (Å²) in [7, 11) is 0. The standard InChI is InChI=1S/C18H21BrS2/c1-3-12(2)13-4-6-14(7-5-13)18(19)17-10-15-11-20-9-8-16(15)21-17/h4-7,10,12,18H,3,8-9,11H2,1-2H3. The summed E-state index contributed by atoms with van der Waals surface area (Å²) in [6.45, 7) is 4.55. The number of alkyl halides is 1. The van der Waals surface area contributed by atoms with E-state index in [0.717, 1.165) is 0 Å². The molecule has 0 N–H and O–H groups in total. The Morgan fingerprint density at radius 2 is 1.90 bits per heavy atom. The average Bonchev–Trinajstić information content (AvgIpc) is 2.97. The second kappa shape index (κ2) is 6.89. The highest BCUT2D eigenvalue weighted by Gasteiger charge is 2.19. The number of fused-ring (bicyclic) bond motifs is 1. The molecule has 0 saturated heterocycles. The molecule has 0 nitrogen and oxygen atoms in total. The fourth-order valence-corrected chi connectivity index (χ4v) is 5.79. The quantitative estimate of drug-likeness (QED) is 0.542. The van der Waals surface area contributed by atoms with Crippen molar-refractivity contribution in [2.75, 3.05) is 5.75 Å². The SMILES string of the molecule is CCC(C)c1ccc(C(Br)c2cc3c(s2)CCSC3)cc1. The molecule has 1 aliphatic rings. The highest BCUT2D eigenvalue weighted by atomic mass is 79.9. The summed E-state index contributed by atoms with van der Waals surface area (Å²) in [6, 6.07) is 11.6. The third-order valence-corrected chi connectivity index (χ3v) is 7.94. The van der Waals surface area contributed by atoms with Crippen LogP contribution in [0.3, 0.4) is 0 Å². The number of hydrogen-bond acceptors (Lipinski definition) is 2. The van der Waals surface area contributed by atoms with Gasteiger partial charge in [-0.3, -0.25) is 0 Å². The normalized spacial score (nSPS) is 17.3. The van der Waals surface area contributed by atoms with Gasteiger partial charge in [-0.2, -0.15) is 11.8 Å². The van der Waals surface area contributed by atoms with Crippen LogP contribution in [0.4, 0.5) is 0 Å². The summed E-state index contributed by atoms with van der Waals surface area (Å²) in [5.74, 6) is 3.13. The van der Waals surface area contributed by atoms with Crippen molar-refractivity contribution in [2.24, 2.45) is 0 Å². The van der Waals surface area contributed by atoms with Crippen molar-refractivity contribution in [3.05, 3.63) is 56.8 Å². The molecular weight excluding hydrogens is 360 g/mol. The van der Waals surface area contributed by atoms with Gasteiger partial charge in [0, 0.05) is 15.5 Å². The first kappa shape index (κ1) is 15.6. The van der Waals surface area contributed by atoms with Crippen LogP contribution in [0.1, 0.15) is 57.5 Å². The fraction of sp³-hybridized carbons (Fsp3) is 0.444. The molecule has 3 rings (SSSR count). The molecule has 0 spiro atoms. The Kier molecular flexibility index (Phi) is 5.13. The largest absolute Gasteiger partial charge is 0.157 e. The molecule has 0 aliphatic carbocycles. The lowest BCUT2D eigenvalue weighted by atomic mass is 9.97. The fourth-order valence-electron chi connectivity index (χ4n) is 2.69. The third-order valence-electron chi connectivity index (χ3n) is 4.31. The van der Waals surface area contributed by atoms with Crippen molar-refractivity contribution in [2.45, 2.75) is 43.2 Å². The first-order valence-electron chi connectivity index (χ1n) is 7.62. The molecule has 21 heavy (non-hydrogen) atoms. The second-order valence-electron chi connectivity index (χ2n) is 5.74. The molecule has 2 heterocycles. The van der Waals surface area contributed by atoms with Crippen molar-refractivity contribution < 1.29 is 0 Å². The average molecular weight is 381 g/mol. The maximum atomic E-state index is 3.90. The van der Waals surface area contributed by atoms with E-state index < -0.39 is 0 Å². The van der Waals surface area contributed by atoms with Gasteiger partial charge in [-0.15, -0.1) is 11.3 Å². The van der Waals surface area contributed by atoms with Gasteiger partial charge in [0.1, 0.15) is 0 Å². The zero-order valence-corrected chi connectivity index (χ0v) is 15.8. The van der Waals surface area contributed by atoms with Crippen LogP contribution < -0.4 is 0 Å². The van der Waals surface area contributed by atoms with Gasteiger partial charge in [-0.05, 0) is 47.3 Å². The molecule has 0 amide bonds. The van der Waals surface area contributed by atoms with Gasteiger partial charge in [0.2, 0.25) is 0 Å². The molecule has 2 unspecified atom stereocenters. The Bertz CT molecular complexity index is 577. The van der Waals surface area contributed by atoms with Gasteiger partial charge < -0.3 is 0 Å². The van der Waals surface area contributed by atoms with Crippen LogP contribution in [-0.4, -0.2) is 5.75 Å². The number of hydrogen-bond donors (Lipinski definition) is 0. The molecule has 2 aromatic rings. The summed E-state index contributed by atoms with van der Waals surface area (Å²) in [5.41, 5.74) is 4.38. The Morgan fingerprint density at radius 1 is 1.19 bits per heavy atom. The van der Waals surface area contributed by atoms with Gasteiger partial charge >= 0.3 is 0 Å². The van der Waals surface area contributed by atoms with Crippen molar-refractivity contribution >= 4 is 39.0 Å². The molecule has 0 radical (unpaired) electrons. The Morgan fingerprint density at radius 3 is 2.57 bits per heavy atom. The van der Waals surface area contributed by atoms with Crippen LogP contribution >= 0.6 is 39.0 Å². The minimum Gasteiger partial charge on any atom is -0.157 e. The second-order valence-corrected chi connectivity index (χ2v) is 8.93. The number of halogens is 1. The number of rotatable bonds is 4. The van der Waals surface area contributed by atoms with Crippen LogP contribution in [0.2, 0.25) is 0 Å². The van der Waals surface area contributed by atoms with Crippen molar-refractivity contribution in [1.82, 2.24) is 0 Å². The molecule has 1 aromatic carbocycles. The number of benzene rings is 1. The third kappa shape index (κ3) is 3.40. The summed E-state index contributed by atoms with van der Waals surface area (Å²) in [4.78, 5) is 3.40. The summed E-state index contributed by atoms with van der Waals surface area (Å²) in [5, 5.41) is 0. The lowest BCUT2D eigenvalue weighted by molar-refractivity contribution is 0.733. The van der Waals surface area contributed by atoms with Gasteiger partial charge in [-0.25, -0.2) is 0 Å². The topological polar surface area (TPSA) is 0 Å². The molecule has 1 aliphatic heterocycles. The highest BCUT2D eigenvalue weighted by molar-refractivity contribution is 9.09. The Hall–Kier alpha value is -0.250. The van der Waals surface area contributed by atoms with Crippen molar-refractivity contribution in [1.29, 1.82) is 0 Å². The smallest absolute Gasteiger partial charge is 0.0738 e. The molecule has 112 valence electrons. The molecular formula is C18H21BrS2. The maximum absolute atomic E-state index is 3.90. The number of thioether (sulfide) groups is 1. The van der Waals surface area contributed by atoms with E-state index >= 15 is 0 Å². The molecule has 1 aromatic heterocycles. The number of thiophene rings is 1. The summed E-state index contributed by atoms with van der Waals surface area (Å²) >= 11 is 7.95. The van der Waals surface area contributed by atoms with E-state index in [4.69, 9.17) is 0 Å². The first-order chi connectivity index (χ1) is 10.2. The Balaban J connectivity index is 1.81. The van der Waals surface area contributed by atoms with E-state index in [-0.39, 0.29) is 0 Å². The van der Waals surface area contributed by atoms with Crippen LogP contribution in [0.5, 0.6) is 0 Å². The van der Waals surface area contributed by atoms with Gasteiger partial charge in [-0.1, -0.05) is 54.0 Å². The van der Waals surface area contributed by atoms with Gasteiger partial charge in [0.05, 0.1) is 4.83 Å². The maximum Gasteiger partial charge on any atom is 0.0738 e. The minimum atomic E-state index is 0.337. The van der Waals surface area contributed by atoms with E-state index in [1.165, 1.54) is 40.4 Å². The Labute approximate surface area is 144 Å². The molecule has 3 heteroatoms. The predicted octanol–water partition coefficient (Wildman–Crippen LogP) is 6.54. The predicted molar refractivity (Wildman–Crippen MR) is 100 cm³/mol. The van der Waals surface area contributed by atoms with Crippen LogP contribution in [0, 0.1) is 0 Å². The lowest BCUT2D eigenvalue weighted by Crippen LogP contribution is -1.96. The van der Waals surface area contributed by atoms with E-state index in [2.05, 4.69) is 71.9 Å². The summed E-state index contributed by atoms with van der Waals surface area (Å²) in [6.07, 6.45) is 2.45. The molecule has 0 bridgehead atoms. The van der Waals surface area contributed by atoms with E-state index in [9.17, 15) is 0 Å². The minimum absolute atomic E-state index is 0.337. The summed E-state index contributed by atoms with van der Waals surface area (Å²) < 4.78 is 0. The van der Waals surface area contributed by atoms with Crippen molar-refractivity contribution in [3.8, 4) is 0 Å². The zero-order valence-electron chi connectivity index (χ0n) is 12.6. The molecule has 0 fully saturated rings. The van der Waals surface area contributed by atoms with Crippen LogP contribution in [0.25, 0.3) is 0 Å². The number of aryl methyl sites for hydroxylation is 1. The van der Waals surface area contributed by atoms with Gasteiger partial charge in [0.15, 0.2) is 0 Å². The molecule has 0 saturated carbocycles. The van der Waals surface area contributed by atoms with Crippen LogP contribution in [0.15, 0.2) is 30.3 Å². The van der Waals surface area contributed by atoms with Gasteiger partial charge in [0.25, 0.3) is 0 Å². The first-order valence-corrected chi connectivity index (χ1v) is 10.5. The molecule has 2 atom stereocenters. The lowest BCUT2D eigenvalue weighted by Gasteiger charge is -2.12. The van der Waals surface area contributed by atoms with Crippen LogP contribution in [-0.2, 0) is 12.2 Å². The van der Waals surface area contributed by atoms with E-state index in [0.29, 0.717) is 10.7 Å². The van der Waals surface area contributed by atoms with Crippen molar-refractivity contribution in [3.63, 3.8) is 0 Å². The highest BCUT2D eigenvalue weighted by Crippen LogP contribution is 2.40. The van der Waals surface area contributed by atoms with E-state index in [1.807, 2.05) is 11.3 Å². The monoisotopic (exact) mass is 380 g/mol.